The van der Waals surface area contributed by atoms with Crippen LogP contribution in [0.25, 0.3) is 0 Å². The second-order valence-electron chi connectivity index (χ2n) is 5.69. The van der Waals surface area contributed by atoms with Gasteiger partial charge in [-0.3, -0.25) is 4.79 Å². The second kappa shape index (κ2) is 6.38. The summed E-state index contributed by atoms with van der Waals surface area (Å²) in [7, 11) is 0. The van der Waals surface area contributed by atoms with Gasteiger partial charge in [-0.2, -0.15) is 0 Å². The molecule has 0 aromatic heterocycles. The number of benzene rings is 2. The molecule has 2 atom stereocenters. The third-order valence-corrected chi connectivity index (χ3v) is 4.23. The maximum absolute atomic E-state index is 13.1. The standard InChI is InChI=1S/C18H18FNO3/c19-13-5-7-14(8-6-13)20-17(12-3-9-15(22)10-4-12)16(18(20)23)2-1-11-21/h3-10,16-17,21-22H,1-2,11H2/t16?,17-/m1/s1. The van der Waals surface area contributed by atoms with Crippen LogP contribution in [0.3, 0.4) is 0 Å². The summed E-state index contributed by atoms with van der Waals surface area (Å²) in [6, 6.07) is 12.4. The molecule has 4 nitrogen and oxygen atoms in total. The Labute approximate surface area is 133 Å². The van der Waals surface area contributed by atoms with E-state index in [9.17, 15) is 14.3 Å². The van der Waals surface area contributed by atoms with Crippen LogP contribution in [-0.4, -0.2) is 22.7 Å². The molecule has 2 aromatic rings. The molecular weight excluding hydrogens is 297 g/mol. The van der Waals surface area contributed by atoms with E-state index in [2.05, 4.69) is 0 Å². The van der Waals surface area contributed by atoms with Gasteiger partial charge in [0.2, 0.25) is 5.91 Å². The van der Waals surface area contributed by atoms with E-state index >= 15 is 0 Å². The van der Waals surface area contributed by atoms with Gasteiger partial charge >= 0.3 is 0 Å². The lowest BCUT2D eigenvalue weighted by Gasteiger charge is -2.47. The molecule has 1 fully saturated rings. The van der Waals surface area contributed by atoms with Crippen molar-refractivity contribution in [2.75, 3.05) is 11.5 Å². The summed E-state index contributed by atoms with van der Waals surface area (Å²) in [5.41, 5.74) is 1.56. The molecule has 1 saturated heterocycles. The average Bonchev–Trinajstić information content (AvgIpc) is 2.56. The van der Waals surface area contributed by atoms with Crippen LogP contribution >= 0.6 is 0 Å². The Kier molecular flexibility index (Phi) is 4.30. The van der Waals surface area contributed by atoms with Crippen molar-refractivity contribution in [3.05, 3.63) is 59.9 Å². The molecule has 1 aliphatic heterocycles. The first kappa shape index (κ1) is 15.5. The lowest BCUT2D eigenvalue weighted by atomic mass is 9.79. The Bertz CT molecular complexity index is 684. The molecule has 120 valence electrons. The first-order chi connectivity index (χ1) is 11.1. The number of nitrogens with zero attached hydrogens (tertiary/aromatic N) is 1. The Hall–Kier alpha value is -2.40. The number of hydrogen-bond acceptors (Lipinski definition) is 3. The van der Waals surface area contributed by atoms with Gasteiger partial charge in [0.1, 0.15) is 11.6 Å². The third-order valence-electron chi connectivity index (χ3n) is 4.23. The molecule has 3 rings (SSSR count). The van der Waals surface area contributed by atoms with Gasteiger partial charge in [-0.25, -0.2) is 4.39 Å². The van der Waals surface area contributed by atoms with Crippen LogP contribution in [0.4, 0.5) is 10.1 Å². The fourth-order valence-electron chi connectivity index (χ4n) is 3.08. The van der Waals surface area contributed by atoms with Gasteiger partial charge in [0.25, 0.3) is 0 Å². The monoisotopic (exact) mass is 315 g/mol. The quantitative estimate of drug-likeness (QED) is 0.834. The zero-order valence-electron chi connectivity index (χ0n) is 12.5. The first-order valence-electron chi connectivity index (χ1n) is 7.60. The highest BCUT2D eigenvalue weighted by Gasteiger charge is 2.48. The van der Waals surface area contributed by atoms with E-state index in [0.29, 0.717) is 18.5 Å². The molecule has 23 heavy (non-hydrogen) atoms. The molecule has 0 saturated carbocycles. The van der Waals surface area contributed by atoms with Crippen molar-refractivity contribution in [3.63, 3.8) is 0 Å². The molecule has 1 amide bonds. The number of aliphatic hydroxyl groups excluding tert-OH is 1. The number of halogens is 1. The second-order valence-corrected chi connectivity index (χ2v) is 5.69. The lowest BCUT2D eigenvalue weighted by Crippen LogP contribution is -2.55. The van der Waals surface area contributed by atoms with Crippen molar-refractivity contribution >= 4 is 11.6 Å². The predicted molar refractivity (Wildman–Crippen MR) is 84.5 cm³/mol. The van der Waals surface area contributed by atoms with Crippen LogP contribution in [0.2, 0.25) is 0 Å². The van der Waals surface area contributed by atoms with Crippen molar-refractivity contribution < 1.29 is 19.4 Å². The minimum Gasteiger partial charge on any atom is -0.508 e. The van der Waals surface area contributed by atoms with Gasteiger partial charge in [-0.1, -0.05) is 12.1 Å². The van der Waals surface area contributed by atoms with Gasteiger partial charge < -0.3 is 15.1 Å². The summed E-state index contributed by atoms with van der Waals surface area (Å²) in [6.45, 7) is 0.0443. The number of aromatic hydroxyl groups is 1. The number of phenols is 1. The van der Waals surface area contributed by atoms with Crippen LogP contribution in [0.1, 0.15) is 24.4 Å². The van der Waals surface area contributed by atoms with E-state index in [-0.39, 0.29) is 36.0 Å². The highest BCUT2D eigenvalue weighted by atomic mass is 19.1. The fraction of sp³-hybridized carbons (Fsp3) is 0.278. The largest absolute Gasteiger partial charge is 0.508 e. The molecular formula is C18H18FNO3. The van der Waals surface area contributed by atoms with E-state index < -0.39 is 0 Å². The number of hydrogen-bond donors (Lipinski definition) is 2. The van der Waals surface area contributed by atoms with Crippen LogP contribution in [0.15, 0.2) is 48.5 Å². The molecule has 0 spiro atoms. The maximum Gasteiger partial charge on any atom is 0.233 e. The number of amides is 1. The molecule has 1 aliphatic rings. The topological polar surface area (TPSA) is 60.8 Å². The molecule has 1 unspecified atom stereocenters. The summed E-state index contributed by atoms with van der Waals surface area (Å²) in [6.07, 6.45) is 1.15. The first-order valence-corrected chi connectivity index (χ1v) is 7.60. The van der Waals surface area contributed by atoms with E-state index in [1.54, 1.807) is 41.3 Å². The molecule has 5 heteroatoms. The lowest BCUT2D eigenvalue weighted by molar-refractivity contribution is -0.130. The van der Waals surface area contributed by atoms with Crippen molar-refractivity contribution in [1.82, 2.24) is 0 Å². The van der Waals surface area contributed by atoms with E-state index in [4.69, 9.17) is 5.11 Å². The summed E-state index contributed by atoms with van der Waals surface area (Å²) in [5, 5.41) is 18.5. The van der Waals surface area contributed by atoms with Crippen LogP contribution in [0.5, 0.6) is 5.75 Å². The van der Waals surface area contributed by atoms with Crippen molar-refractivity contribution in [2.45, 2.75) is 18.9 Å². The van der Waals surface area contributed by atoms with Crippen LogP contribution in [0, 0.1) is 11.7 Å². The third kappa shape index (κ3) is 2.92. The highest BCUT2D eigenvalue weighted by Crippen LogP contribution is 2.45. The summed E-state index contributed by atoms with van der Waals surface area (Å²) in [4.78, 5) is 14.2. The Morgan fingerprint density at radius 1 is 1.04 bits per heavy atom. The maximum atomic E-state index is 13.1. The Morgan fingerprint density at radius 2 is 1.70 bits per heavy atom. The molecule has 2 N–H and O–H groups in total. The summed E-state index contributed by atoms with van der Waals surface area (Å²) < 4.78 is 13.1. The number of β-lactam (4-membered cyclic amide) rings is 1. The number of anilines is 1. The molecule has 2 aromatic carbocycles. The minimum atomic E-state index is -0.347. The van der Waals surface area contributed by atoms with Crippen molar-refractivity contribution in [2.24, 2.45) is 5.92 Å². The van der Waals surface area contributed by atoms with Gasteiger partial charge in [0.05, 0.1) is 12.0 Å². The minimum absolute atomic E-state index is 0.0249. The van der Waals surface area contributed by atoms with E-state index in [1.165, 1.54) is 12.1 Å². The molecule has 0 radical (unpaired) electrons. The summed E-state index contributed by atoms with van der Waals surface area (Å²) >= 11 is 0. The van der Waals surface area contributed by atoms with Gasteiger partial charge in [0, 0.05) is 12.3 Å². The normalized spacial score (nSPS) is 20.4. The van der Waals surface area contributed by atoms with Gasteiger partial charge in [0.15, 0.2) is 0 Å². The Morgan fingerprint density at radius 3 is 2.30 bits per heavy atom. The molecule has 0 bridgehead atoms. The number of aliphatic hydroxyl groups is 1. The number of carbonyl (C=O) groups excluding carboxylic acids is 1. The molecule has 1 heterocycles. The van der Waals surface area contributed by atoms with Crippen LogP contribution < -0.4 is 4.90 Å². The van der Waals surface area contributed by atoms with Crippen molar-refractivity contribution in [3.8, 4) is 5.75 Å². The van der Waals surface area contributed by atoms with Crippen molar-refractivity contribution in [1.29, 1.82) is 0 Å². The van der Waals surface area contributed by atoms with Gasteiger partial charge in [-0.15, -0.1) is 0 Å². The van der Waals surface area contributed by atoms with Crippen LogP contribution in [-0.2, 0) is 4.79 Å². The van der Waals surface area contributed by atoms with E-state index in [0.717, 1.165) is 5.56 Å². The molecule has 0 aliphatic carbocycles. The van der Waals surface area contributed by atoms with Gasteiger partial charge in [-0.05, 0) is 54.8 Å². The fourth-order valence-corrected chi connectivity index (χ4v) is 3.08. The number of phenolic OH excluding ortho intramolecular Hbond substituents is 1. The zero-order valence-corrected chi connectivity index (χ0v) is 12.5. The SMILES string of the molecule is O=C1C(CCCO)[C@@H](c2ccc(O)cc2)N1c1ccc(F)cc1. The predicted octanol–water partition coefficient (Wildman–Crippen LogP) is 3.01. The number of carbonyl (C=O) groups is 1. The zero-order chi connectivity index (χ0) is 16.4. The smallest absolute Gasteiger partial charge is 0.233 e. The average molecular weight is 315 g/mol. The highest BCUT2D eigenvalue weighted by molar-refractivity contribution is 6.03. The summed E-state index contributed by atoms with van der Waals surface area (Å²) in [5.74, 6) is -0.417. The Balaban J connectivity index is 1.92. The number of rotatable bonds is 5. The van der Waals surface area contributed by atoms with E-state index in [1.807, 2.05) is 0 Å².